The molecule has 3 rings (SSSR count). The van der Waals surface area contributed by atoms with Crippen molar-refractivity contribution in [1.82, 2.24) is 4.90 Å². The highest BCUT2D eigenvalue weighted by atomic mass is 32.2. The number of amides is 1. The zero-order valence-electron chi connectivity index (χ0n) is 13.4. The molecule has 0 saturated carbocycles. The lowest BCUT2D eigenvalue weighted by Crippen LogP contribution is -2.27. The SMILES string of the molecule is COC(=O)c1ccc(C2SCC(=O)N2Cc2ccc(F)c(F)c2)cc1. The van der Waals surface area contributed by atoms with E-state index in [1.165, 1.54) is 24.9 Å². The molecule has 1 aliphatic heterocycles. The van der Waals surface area contributed by atoms with Crippen molar-refractivity contribution in [2.45, 2.75) is 11.9 Å². The third-order valence-corrected chi connectivity index (χ3v) is 5.18. The van der Waals surface area contributed by atoms with Crippen molar-refractivity contribution < 1.29 is 23.1 Å². The topological polar surface area (TPSA) is 46.6 Å². The molecule has 4 nitrogen and oxygen atoms in total. The summed E-state index contributed by atoms with van der Waals surface area (Å²) in [6, 6.07) is 10.4. The van der Waals surface area contributed by atoms with Crippen LogP contribution >= 0.6 is 11.8 Å². The lowest BCUT2D eigenvalue weighted by atomic mass is 10.1. The third-order valence-electron chi connectivity index (χ3n) is 3.92. The number of esters is 1. The van der Waals surface area contributed by atoms with Gasteiger partial charge < -0.3 is 9.64 Å². The van der Waals surface area contributed by atoms with Gasteiger partial charge in [0.15, 0.2) is 11.6 Å². The van der Waals surface area contributed by atoms with Crippen molar-refractivity contribution in [2.24, 2.45) is 0 Å². The maximum Gasteiger partial charge on any atom is 0.337 e. The molecule has 0 aliphatic carbocycles. The van der Waals surface area contributed by atoms with Crippen LogP contribution in [0.25, 0.3) is 0 Å². The molecule has 25 heavy (non-hydrogen) atoms. The lowest BCUT2D eigenvalue weighted by Gasteiger charge is -2.24. The fourth-order valence-electron chi connectivity index (χ4n) is 2.64. The summed E-state index contributed by atoms with van der Waals surface area (Å²) in [4.78, 5) is 25.3. The number of methoxy groups -OCH3 is 1. The van der Waals surface area contributed by atoms with E-state index in [1.807, 2.05) is 0 Å². The standard InChI is InChI=1S/C18H15F2NO3S/c1-24-18(23)13-5-3-12(4-6-13)17-21(16(22)10-25-17)9-11-2-7-14(19)15(20)8-11/h2-8,17H,9-10H2,1H3. The summed E-state index contributed by atoms with van der Waals surface area (Å²) in [5.74, 6) is -2.04. The van der Waals surface area contributed by atoms with E-state index in [0.29, 0.717) is 16.9 Å². The summed E-state index contributed by atoms with van der Waals surface area (Å²) in [6.07, 6.45) is 0. The van der Waals surface area contributed by atoms with E-state index in [4.69, 9.17) is 0 Å². The van der Waals surface area contributed by atoms with Gasteiger partial charge in [0.2, 0.25) is 5.91 Å². The van der Waals surface area contributed by atoms with Gasteiger partial charge in [-0.1, -0.05) is 18.2 Å². The van der Waals surface area contributed by atoms with E-state index in [2.05, 4.69) is 4.74 Å². The van der Waals surface area contributed by atoms with Gasteiger partial charge in [0, 0.05) is 6.54 Å². The molecule has 2 aromatic carbocycles. The Bertz CT molecular complexity index is 810. The summed E-state index contributed by atoms with van der Waals surface area (Å²) < 4.78 is 31.1. The van der Waals surface area contributed by atoms with E-state index >= 15 is 0 Å². The highest BCUT2D eigenvalue weighted by Gasteiger charge is 2.33. The predicted octanol–water partition coefficient (Wildman–Crippen LogP) is 3.53. The molecule has 0 radical (unpaired) electrons. The molecule has 0 aromatic heterocycles. The van der Waals surface area contributed by atoms with Crippen LogP contribution in [0.15, 0.2) is 42.5 Å². The summed E-state index contributed by atoms with van der Waals surface area (Å²) in [7, 11) is 1.31. The van der Waals surface area contributed by atoms with E-state index in [1.54, 1.807) is 29.2 Å². The minimum atomic E-state index is -0.934. The molecule has 1 unspecified atom stereocenters. The monoisotopic (exact) mass is 363 g/mol. The Labute approximate surface area is 147 Å². The number of hydrogen-bond donors (Lipinski definition) is 0. The van der Waals surface area contributed by atoms with E-state index in [-0.39, 0.29) is 17.8 Å². The molecule has 0 N–H and O–H groups in total. The fraction of sp³-hybridized carbons (Fsp3) is 0.222. The van der Waals surface area contributed by atoms with Crippen LogP contribution in [0, 0.1) is 11.6 Å². The average Bonchev–Trinajstić information content (AvgIpc) is 2.98. The molecule has 1 fully saturated rings. The maximum atomic E-state index is 13.4. The Balaban J connectivity index is 1.81. The van der Waals surface area contributed by atoms with Crippen molar-refractivity contribution in [3.8, 4) is 0 Å². The van der Waals surface area contributed by atoms with Crippen LogP contribution in [0.3, 0.4) is 0 Å². The molecule has 0 bridgehead atoms. The number of halogens is 2. The van der Waals surface area contributed by atoms with Crippen molar-refractivity contribution in [2.75, 3.05) is 12.9 Å². The molecule has 130 valence electrons. The zero-order valence-corrected chi connectivity index (χ0v) is 14.2. The smallest absolute Gasteiger partial charge is 0.337 e. The van der Waals surface area contributed by atoms with E-state index < -0.39 is 17.6 Å². The third kappa shape index (κ3) is 3.66. The number of carbonyl (C=O) groups is 2. The Morgan fingerprint density at radius 1 is 1.20 bits per heavy atom. The van der Waals surface area contributed by atoms with Crippen LogP contribution in [-0.4, -0.2) is 29.6 Å². The van der Waals surface area contributed by atoms with Crippen LogP contribution in [-0.2, 0) is 16.1 Å². The quantitative estimate of drug-likeness (QED) is 0.780. The fourth-order valence-corrected chi connectivity index (χ4v) is 3.83. The van der Waals surface area contributed by atoms with E-state index in [9.17, 15) is 18.4 Å². The van der Waals surface area contributed by atoms with Gasteiger partial charge >= 0.3 is 5.97 Å². The van der Waals surface area contributed by atoms with Gasteiger partial charge in [-0.15, -0.1) is 11.8 Å². The second-order valence-corrected chi connectivity index (χ2v) is 6.62. The molecule has 7 heteroatoms. The highest BCUT2D eigenvalue weighted by Crippen LogP contribution is 2.39. The van der Waals surface area contributed by atoms with Gasteiger partial charge in [-0.05, 0) is 35.4 Å². The second-order valence-electron chi connectivity index (χ2n) is 5.55. The first-order chi connectivity index (χ1) is 12.0. The number of hydrogen-bond acceptors (Lipinski definition) is 4. The van der Waals surface area contributed by atoms with Gasteiger partial charge in [-0.2, -0.15) is 0 Å². The highest BCUT2D eigenvalue weighted by molar-refractivity contribution is 8.00. The molecule has 2 aromatic rings. The van der Waals surface area contributed by atoms with Gasteiger partial charge in [0.05, 0.1) is 18.4 Å². The van der Waals surface area contributed by atoms with Gasteiger partial charge in [0.1, 0.15) is 5.37 Å². The van der Waals surface area contributed by atoms with Crippen molar-refractivity contribution in [1.29, 1.82) is 0 Å². The lowest BCUT2D eigenvalue weighted by molar-refractivity contribution is -0.128. The first kappa shape index (κ1) is 17.4. The summed E-state index contributed by atoms with van der Waals surface area (Å²) >= 11 is 1.45. The second kappa shape index (κ2) is 7.23. The normalized spacial score (nSPS) is 17.0. The minimum absolute atomic E-state index is 0.0724. The molecule has 0 spiro atoms. The first-order valence-electron chi connectivity index (χ1n) is 7.53. The van der Waals surface area contributed by atoms with Gasteiger partial charge in [-0.25, -0.2) is 13.6 Å². The molecular weight excluding hydrogens is 348 g/mol. The van der Waals surface area contributed by atoms with Crippen molar-refractivity contribution in [3.05, 3.63) is 70.8 Å². The maximum absolute atomic E-state index is 13.4. The average molecular weight is 363 g/mol. The van der Waals surface area contributed by atoms with Gasteiger partial charge in [-0.3, -0.25) is 4.79 Å². The molecule has 1 atom stereocenters. The number of benzene rings is 2. The van der Waals surface area contributed by atoms with Crippen LogP contribution in [0.5, 0.6) is 0 Å². The largest absolute Gasteiger partial charge is 0.465 e. The van der Waals surface area contributed by atoms with Crippen LogP contribution in [0.2, 0.25) is 0 Å². The number of nitrogens with zero attached hydrogens (tertiary/aromatic N) is 1. The van der Waals surface area contributed by atoms with Crippen molar-refractivity contribution >= 4 is 23.6 Å². The van der Waals surface area contributed by atoms with Crippen LogP contribution < -0.4 is 0 Å². The molecule has 1 heterocycles. The molecular formula is C18H15F2NO3S. The Kier molecular flexibility index (Phi) is 5.03. The summed E-state index contributed by atoms with van der Waals surface area (Å²) in [5.41, 5.74) is 1.80. The Morgan fingerprint density at radius 3 is 2.56 bits per heavy atom. The number of ether oxygens (including phenoxy) is 1. The van der Waals surface area contributed by atoms with Crippen molar-refractivity contribution in [3.63, 3.8) is 0 Å². The molecule has 1 aliphatic rings. The predicted molar refractivity (Wildman–Crippen MR) is 89.9 cm³/mol. The van der Waals surface area contributed by atoms with Crippen LogP contribution in [0.1, 0.15) is 26.9 Å². The number of thioether (sulfide) groups is 1. The first-order valence-corrected chi connectivity index (χ1v) is 8.57. The summed E-state index contributed by atoms with van der Waals surface area (Å²) in [6.45, 7) is 0.187. The molecule has 1 saturated heterocycles. The van der Waals surface area contributed by atoms with E-state index in [0.717, 1.165) is 17.7 Å². The number of carbonyl (C=O) groups excluding carboxylic acids is 2. The minimum Gasteiger partial charge on any atom is -0.465 e. The summed E-state index contributed by atoms with van der Waals surface area (Å²) in [5, 5.41) is -0.243. The molecule has 1 amide bonds. The Morgan fingerprint density at radius 2 is 1.92 bits per heavy atom. The Hall–Kier alpha value is -2.41. The van der Waals surface area contributed by atoms with Crippen LogP contribution in [0.4, 0.5) is 8.78 Å². The zero-order chi connectivity index (χ0) is 18.0. The van der Waals surface area contributed by atoms with Gasteiger partial charge in [0.25, 0.3) is 0 Å². The number of rotatable bonds is 4.